The van der Waals surface area contributed by atoms with Gasteiger partial charge in [0.2, 0.25) is 0 Å². The van der Waals surface area contributed by atoms with E-state index in [1.165, 1.54) is 0 Å². The first kappa shape index (κ1) is 13.2. The van der Waals surface area contributed by atoms with E-state index in [0.29, 0.717) is 12.5 Å². The number of benzene rings is 1. The van der Waals surface area contributed by atoms with Gasteiger partial charge in [0.05, 0.1) is 12.7 Å². The molecule has 0 saturated carbocycles. The Hall–Kier alpha value is -1.19. The fraction of sp³-hybridized carbons (Fsp3) is 0.533. The van der Waals surface area contributed by atoms with Crippen molar-refractivity contribution in [3.05, 3.63) is 35.9 Å². The Labute approximate surface area is 109 Å². The van der Waals surface area contributed by atoms with E-state index in [1.54, 1.807) is 0 Å². The molecule has 1 aliphatic heterocycles. The van der Waals surface area contributed by atoms with Crippen molar-refractivity contribution in [2.24, 2.45) is 0 Å². The van der Waals surface area contributed by atoms with Gasteiger partial charge in [0.1, 0.15) is 0 Å². The molecule has 2 unspecified atom stereocenters. The van der Waals surface area contributed by atoms with Crippen LogP contribution in [0.3, 0.4) is 0 Å². The van der Waals surface area contributed by atoms with Crippen molar-refractivity contribution in [1.29, 1.82) is 0 Å². The zero-order chi connectivity index (χ0) is 13.0. The molecule has 0 N–H and O–H groups in total. The zero-order valence-electron chi connectivity index (χ0n) is 11.1. The topological polar surface area (TPSA) is 29.5 Å². The van der Waals surface area contributed by atoms with Crippen LogP contribution in [0.1, 0.15) is 30.6 Å². The maximum atomic E-state index is 12.0. The van der Waals surface area contributed by atoms with E-state index < -0.39 is 0 Å². The first-order chi connectivity index (χ1) is 8.66. The van der Waals surface area contributed by atoms with Crippen LogP contribution in [0.15, 0.2) is 30.3 Å². The molecule has 3 nitrogen and oxygen atoms in total. The van der Waals surface area contributed by atoms with Crippen LogP contribution < -0.4 is 0 Å². The number of hydrogen-bond acceptors (Lipinski definition) is 3. The molecule has 1 fully saturated rings. The molecule has 2 atom stereocenters. The van der Waals surface area contributed by atoms with Crippen LogP contribution in [0.5, 0.6) is 0 Å². The standard InChI is InChI=1S/C15H21NO2/c1-12-11-18-13(2)10-16(12)9-8-15(17)14-6-4-3-5-7-14/h3-7,12-13H,8-11H2,1-2H3. The largest absolute Gasteiger partial charge is 0.376 e. The quantitative estimate of drug-likeness (QED) is 0.765. The lowest BCUT2D eigenvalue weighted by molar-refractivity contribution is -0.0488. The van der Waals surface area contributed by atoms with Crippen LogP contribution in [0, 0.1) is 0 Å². The van der Waals surface area contributed by atoms with Gasteiger partial charge in [-0.05, 0) is 13.8 Å². The van der Waals surface area contributed by atoms with Gasteiger partial charge in [0, 0.05) is 31.1 Å². The lowest BCUT2D eigenvalue weighted by Crippen LogP contribution is -2.47. The second-order valence-corrected chi connectivity index (χ2v) is 5.03. The summed E-state index contributed by atoms with van der Waals surface area (Å²) in [7, 11) is 0. The second kappa shape index (κ2) is 6.12. The number of hydrogen-bond donors (Lipinski definition) is 0. The van der Waals surface area contributed by atoms with Gasteiger partial charge in [-0.3, -0.25) is 9.69 Å². The van der Waals surface area contributed by atoms with Gasteiger partial charge in [-0.25, -0.2) is 0 Å². The molecular formula is C15H21NO2. The predicted molar refractivity (Wildman–Crippen MR) is 71.8 cm³/mol. The van der Waals surface area contributed by atoms with Gasteiger partial charge in [0.25, 0.3) is 0 Å². The number of morpholine rings is 1. The molecule has 18 heavy (non-hydrogen) atoms. The summed E-state index contributed by atoms with van der Waals surface area (Å²) in [5.41, 5.74) is 0.812. The molecule has 1 aromatic carbocycles. The van der Waals surface area contributed by atoms with E-state index in [4.69, 9.17) is 4.74 Å². The van der Waals surface area contributed by atoms with E-state index >= 15 is 0 Å². The Balaban J connectivity index is 1.86. The summed E-state index contributed by atoms with van der Waals surface area (Å²) in [5.74, 6) is 0.224. The maximum absolute atomic E-state index is 12.0. The third-order valence-corrected chi connectivity index (χ3v) is 3.46. The van der Waals surface area contributed by atoms with Crippen molar-refractivity contribution in [2.75, 3.05) is 19.7 Å². The summed E-state index contributed by atoms with van der Waals surface area (Å²) in [6.45, 7) is 6.74. The van der Waals surface area contributed by atoms with Crippen molar-refractivity contribution >= 4 is 5.78 Å². The zero-order valence-corrected chi connectivity index (χ0v) is 11.1. The molecular weight excluding hydrogens is 226 g/mol. The van der Waals surface area contributed by atoms with Crippen LogP contribution in [0.4, 0.5) is 0 Å². The van der Waals surface area contributed by atoms with E-state index in [9.17, 15) is 4.79 Å². The lowest BCUT2D eigenvalue weighted by Gasteiger charge is -2.36. The normalized spacial score (nSPS) is 25.0. The Morgan fingerprint density at radius 3 is 2.78 bits per heavy atom. The van der Waals surface area contributed by atoms with Crippen molar-refractivity contribution in [3.63, 3.8) is 0 Å². The molecule has 1 aromatic rings. The summed E-state index contributed by atoms with van der Waals surface area (Å²) in [4.78, 5) is 14.4. The Morgan fingerprint density at radius 1 is 1.33 bits per heavy atom. The molecule has 98 valence electrons. The number of ketones is 1. The first-order valence-electron chi connectivity index (χ1n) is 6.60. The minimum absolute atomic E-state index is 0.224. The third kappa shape index (κ3) is 3.40. The molecule has 0 bridgehead atoms. The van der Waals surface area contributed by atoms with Gasteiger partial charge < -0.3 is 4.74 Å². The van der Waals surface area contributed by atoms with Crippen molar-refractivity contribution in [1.82, 2.24) is 4.90 Å². The highest BCUT2D eigenvalue weighted by molar-refractivity contribution is 5.96. The number of ether oxygens (including phenoxy) is 1. The number of carbonyl (C=O) groups excluding carboxylic acids is 1. The minimum atomic E-state index is 0.224. The highest BCUT2D eigenvalue weighted by atomic mass is 16.5. The van der Waals surface area contributed by atoms with Gasteiger partial charge >= 0.3 is 0 Å². The van der Waals surface area contributed by atoms with Crippen molar-refractivity contribution in [2.45, 2.75) is 32.4 Å². The third-order valence-electron chi connectivity index (χ3n) is 3.46. The Kier molecular flexibility index (Phi) is 4.50. The summed E-state index contributed by atoms with van der Waals surface area (Å²) < 4.78 is 5.59. The fourth-order valence-electron chi connectivity index (χ4n) is 2.30. The van der Waals surface area contributed by atoms with Crippen LogP contribution in [0.2, 0.25) is 0 Å². The molecule has 1 aliphatic rings. The maximum Gasteiger partial charge on any atom is 0.164 e. The fourth-order valence-corrected chi connectivity index (χ4v) is 2.30. The first-order valence-corrected chi connectivity index (χ1v) is 6.60. The average molecular weight is 247 g/mol. The average Bonchev–Trinajstić information content (AvgIpc) is 2.40. The van der Waals surface area contributed by atoms with Gasteiger partial charge in [-0.2, -0.15) is 0 Å². The highest BCUT2D eigenvalue weighted by Crippen LogP contribution is 2.12. The van der Waals surface area contributed by atoms with Crippen molar-refractivity contribution < 1.29 is 9.53 Å². The minimum Gasteiger partial charge on any atom is -0.376 e. The molecule has 1 heterocycles. The Morgan fingerprint density at radius 2 is 2.06 bits per heavy atom. The highest BCUT2D eigenvalue weighted by Gasteiger charge is 2.23. The predicted octanol–water partition coefficient (Wildman–Crippen LogP) is 2.37. The molecule has 0 amide bonds. The molecule has 1 saturated heterocycles. The molecule has 3 heteroatoms. The van der Waals surface area contributed by atoms with Crippen LogP contribution in [0.25, 0.3) is 0 Å². The molecule has 2 rings (SSSR count). The number of nitrogens with zero attached hydrogens (tertiary/aromatic N) is 1. The van der Waals surface area contributed by atoms with Crippen LogP contribution in [-0.4, -0.2) is 42.5 Å². The van der Waals surface area contributed by atoms with E-state index in [1.807, 2.05) is 30.3 Å². The second-order valence-electron chi connectivity index (χ2n) is 5.03. The smallest absolute Gasteiger partial charge is 0.164 e. The molecule has 0 aromatic heterocycles. The van der Waals surface area contributed by atoms with Crippen LogP contribution in [-0.2, 0) is 4.74 Å². The number of rotatable bonds is 4. The summed E-state index contributed by atoms with van der Waals surface area (Å²) in [5, 5.41) is 0. The van der Waals surface area contributed by atoms with Gasteiger partial charge in [-0.15, -0.1) is 0 Å². The van der Waals surface area contributed by atoms with Crippen LogP contribution >= 0.6 is 0 Å². The molecule has 0 radical (unpaired) electrons. The Bertz CT molecular complexity index is 391. The van der Waals surface area contributed by atoms with E-state index in [0.717, 1.165) is 25.3 Å². The number of Topliss-reactive ketones (excluding diaryl/α,β-unsaturated/α-hetero) is 1. The van der Waals surface area contributed by atoms with E-state index in [2.05, 4.69) is 18.7 Å². The summed E-state index contributed by atoms with van der Waals surface area (Å²) >= 11 is 0. The van der Waals surface area contributed by atoms with Gasteiger partial charge in [-0.1, -0.05) is 30.3 Å². The summed E-state index contributed by atoms with van der Waals surface area (Å²) in [6.07, 6.45) is 0.856. The molecule has 0 spiro atoms. The van der Waals surface area contributed by atoms with Crippen molar-refractivity contribution in [3.8, 4) is 0 Å². The summed E-state index contributed by atoms with van der Waals surface area (Å²) in [6, 6.07) is 9.92. The number of carbonyl (C=O) groups is 1. The lowest BCUT2D eigenvalue weighted by atomic mass is 10.1. The monoisotopic (exact) mass is 247 g/mol. The molecule has 0 aliphatic carbocycles. The SMILES string of the molecule is CC1CN(CCC(=O)c2ccccc2)C(C)CO1. The van der Waals surface area contributed by atoms with Gasteiger partial charge in [0.15, 0.2) is 5.78 Å². The van der Waals surface area contributed by atoms with E-state index in [-0.39, 0.29) is 11.9 Å².